The van der Waals surface area contributed by atoms with Gasteiger partial charge in [0, 0.05) is 35.1 Å². The highest BCUT2D eigenvalue weighted by Gasteiger charge is 2.16. The van der Waals surface area contributed by atoms with E-state index in [-0.39, 0.29) is 11.8 Å². The second-order valence-corrected chi connectivity index (χ2v) is 8.51. The molecule has 0 aliphatic heterocycles. The van der Waals surface area contributed by atoms with Gasteiger partial charge >= 0.3 is 5.97 Å². The Morgan fingerprint density at radius 1 is 1.09 bits per heavy atom. The number of para-hydroxylation sites is 1. The fourth-order valence-electron chi connectivity index (χ4n) is 3.48. The first kappa shape index (κ1) is 25.1. The van der Waals surface area contributed by atoms with E-state index in [1.165, 1.54) is 0 Å². The number of anilines is 2. The van der Waals surface area contributed by atoms with Crippen LogP contribution in [-0.4, -0.2) is 23.6 Å². The number of hydrogen-bond acceptors (Lipinski definition) is 5. The summed E-state index contributed by atoms with van der Waals surface area (Å²) in [6.45, 7) is 4.34. The molecular formula is C26H28ClN3O4. The number of aliphatic carboxylic acids is 1. The molecule has 5 N–H and O–H groups in total. The minimum absolute atomic E-state index is 0.145. The summed E-state index contributed by atoms with van der Waals surface area (Å²) in [5.74, 6) is -0.684. The Labute approximate surface area is 203 Å². The van der Waals surface area contributed by atoms with E-state index in [1.807, 2.05) is 44.2 Å². The number of carboxylic acids is 1. The number of halogens is 1. The molecule has 0 aliphatic rings. The van der Waals surface area contributed by atoms with E-state index in [2.05, 4.69) is 10.6 Å². The van der Waals surface area contributed by atoms with E-state index in [4.69, 9.17) is 27.2 Å². The summed E-state index contributed by atoms with van der Waals surface area (Å²) in [6.07, 6.45) is 0. The van der Waals surface area contributed by atoms with E-state index in [1.54, 1.807) is 30.3 Å². The standard InChI is InChI=1S/C26H28ClN3O4/c1-16(2)21-5-3-4-18(25(21)34-15-24(31)32)14-29-23-11-8-19(27)12-22(23)26(33)30-20-9-6-17(13-28)7-10-20/h3-12,16,29H,13-15,28H2,1-2H3,(H,30,33)(H,31,32). The van der Waals surface area contributed by atoms with E-state index in [0.717, 1.165) is 16.7 Å². The van der Waals surface area contributed by atoms with Crippen molar-refractivity contribution in [2.45, 2.75) is 32.9 Å². The Morgan fingerprint density at radius 3 is 2.47 bits per heavy atom. The van der Waals surface area contributed by atoms with Crippen molar-refractivity contribution in [2.24, 2.45) is 5.73 Å². The lowest BCUT2D eigenvalue weighted by Crippen LogP contribution is -2.16. The van der Waals surface area contributed by atoms with Crippen molar-refractivity contribution < 1.29 is 19.4 Å². The Bertz CT molecular complexity index is 1160. The minimum Gasteiger partial charge on any atom is -0.481 e. The van der Waals surface area contributed by atoms with E-state index >= 15 is 0 Å². The van der Waals surface area contributed by atoms with Crippen LogP contribution in [0.4, 0.5) is 11.4 Å². The molecule has 0 saturated carbocycles. The van der Waals surface area contributed by atoms with Gasteiger partial charge in [-0.05, 0) is 47.4 Å². The molecule has 1 amide bonds. The van der Waals surface area contributed by atoms with Gasteiger partial charge in [-0.2, -0.15) is 0 Å². The van der Waals surface area contributed by atoms with Crippen molar-refractivity contribution in [3.63, 3.8) is 0 Å². The Morgan fingerprint density at radius 2 is 1.82 bits per heavy atom. The molecule has 0 atom stereocenters. The summed E-state index contributed by atoms with van der Waals surface area (Å²) in [7, 11) is 0. The molecule has 34 heavy (non-hydrogen) atoms. The fraction of sp³-hybridized carbons (Fsp3) is 0.231. The monoisotopic (exact) mass is 481 g/mol. The number of ether oxygens (including phenoxy) is 1. The Kier molecular flexibility index (Phi) is 8.51. The molecule has 0 heterocycles. The zero-order valence-electron chi connectivity index (χ0n) is 19.1. The molecule has 0 fully saturated rings. The van der Waals surface area contributed by atoms with Crippen LogP contribution in [0.2, 0.25) is 5.02 Å². The number of carbonyl (C=O) groups excluding carboxylic acids is 1. The first-order valence-electron chi connectivity index (χ1n) is 10.9. The lowest BCUT2D eigenvalue weighted by atomic mass is 9.99. The van der Waals surface area contributed by atoms with Gasteiger partial charge in [0.2, 0.25) is 0 Å². The molecule has 0 unspecified atom stereocenters. The molecule has 3 aromatic rings. The van der Waals surface area contributed by atoms with Gasteiger partial charge < -0.3 is 26.2 Å². The number of carboxylic acid groups (broad SMARTS) is 1. The fourth-order valence-corrected chi connectivity index (χ4v) is 3.65. The van der Waals surface area contributed by atoms with E-state index < -0.39 is 12.6 Å². The van der Waals surface area contributed by atoms with Gasteiger partial charge in [0.1, 0.15) is 5.75 Å². The molecule has 0 spiro atoms. The first-order chi connectivity index (χ1) is 16.3. The number of amides is 1. The quantitative estimate of drug-likeness (QED) is 0.314. The molecule has 7 nitrogen and oxygen atoms in total. The summed E-state index contributed by atoms with van der Waals surface area (Å²) in [5.41, 5.74) is 9.90. The molecule has 8 heteroatoms. The largest absolute Gasteiger partial charge is 0.481 e. The molecule has 0 saturated heterocycles. The van der Waals surface area contributed by atoms with E-state index in [0.29, 0.717) is 40.8 Å². The van der Waals surface area contributed by atoms with Crippen LogP contribution in [0.25, 0.3) is 0 Å². The van der Waals surface area contributed by atoms with Gasteiger partial charge in [-0.3, -0.25) is 4.79 Å². The van der Waals surface area contributed by atoms with Crippen molar-refractivity contribution in [2.75, 3.05) is 17.2 Å². The predicted octanol–water partition coefficient (Wildman–Crippen LogP) is 5.25. The van der Waals surface area contributed by atoms with Gasteiger partial charge in [-0.1, -0.05) is 55.8 Å². The number of benzene rings is 3. The van der Waals surface area contributed by atoms with Crippen molar-refractivity contribution in [1.29, 1.82) is 0 Å². The highest BCUT2D eigenvalue weighted by atomic mass is 35.5. The Hall–Kier alpha value is -3.55. The van der Waals surface area contributed by atoms with Crippen LogP contribution >= 0.6 is 11.6 Å². The number of nitrogens with one attached hydrogen (secondary N) is 2. The maximum atomic E-state index is 13.0. The van der Waals surface area contributed by atoms with E-state index in [9.17, 15) is 9.59 Å². The molecule has 178 valence electrons. The summed E-state index contributed by atoms with van der Waals surface area (Å²) in [5, 5.41) is 15.7. The highest BCUT2D eigenvalue weighted by Crippen LogP contribution is 2.31. The molecule has 3 rings (SSSR count). The third kappa shape index (κ3) is 6.50. The summed E-state index contributed by atoms with van der Waals surface area (Å²) < 4.78 is 5.63. The summed E-state index contributed by atoms with van der Waals surface area (Å²) in [6, 6.07) is 18.0. The van der Waals surface area contributed by atoms with Gasteiger partial charge in [-0.25, -0.2) is 4.79 Å². The van der Waals surface area contributed by atoms with Crippen LogP contribution < -0.4 is 21.1 Å². The van der Waals surface area contributed by atoms with Gasteiger partial charge in [0.15, 0.2) is 6.61 Å². The van der Waals surface area contributed by atoms with Crippen molar-refractivity contribution in [1.82, 2.24) is 0 Å². The Balaban J connectivity index is 1.83. The number of nitrogens with two attached hydrogens (primary N) is 1. The first-order valence-corrected chi connectivity index (χ1v) is 11.3. The average Bonchev–Trinajstić information content (AvgIpc) is 2.82. The summed E-state index contributed by atoms with van der Waals surface area (Å²) >= 11 is 6.18. The zero-order valence-corrected chi connectivity index (χ0v) is 19.9. The molecule has 0 radical (unpaired) electrons. The van der Waals surface area contributed by atoms with Crippen LogP contribution in [0.1, 0.15) is 46.8 Å². The number of rotatable bonds is 10. The second-order valence-electron chi connectivity index (χ2n) is 8.07. The van der Waals surface area contributed by atoms with Crippen molar-refractivity contribution >= 4 is 34.9 Å². The molecule has 0 bridgehead atoms. The molecule has 0 aliphatic carbocycles. The van der Waals surface area contributed by atoms with Gasteiger partial charge in [-0.15, -0.1) is 0 Å². The highest BCUT2D eigenvalue weighted by molar-refractivity contribution is 6.31. The SMILES string of the molecule is CC(C)c1cccc(CNc2ccc(Cl)cc2C(=O)Nc2ccc(CN)cc2)c1OCC(=O)O. The van der Waals surface area contributed by atoms with Crippen LogP contribution in [0.5, 0.6) is 5.75 Å². The van der Waals surface area contributed by atoms with Gasteiger partial charge in [0.05, 0.1) is 5.56 Å². The lowest BCUT2D eigenvalue weighted by Gasteiger charge is -2.19. The maximum Gasteiger partial charge on any atom is 0.341 e. The smallest absolute Gasteiger partial charge is 0.341 e. The van der Waals surface area contributed by atoms with Crippen LogP contribution in [-0.2, 0) is 17.9 Å². The van der Waals surface area contributed by atoms with Gasteiger partial charge in [0.25, 0.3) is 5.91 Å². The third-order valence-corrected chi connectivity index (χ3v) is 5.47. The van der Waals surface area contributed by atoms with Crippen LogP contribution in [0.3, 0.4) is 0 Å². The van der Waals surface area contributed by atoms with Crippen LogP contribution in [0.15, 0.2) is 60.7 Å². The second kappa shape index (κ2) is 11.5. The van der Waals surface area contributed by atoms with Crippen molar-refractivity contribution in [3.8, 4) is 5.75 Å². The third-order valence-electron chi connectivity index (χ3n) is 5.23. The average molecular weight is 482 g/mol. The zero-order chi connectivity index (χ0) is 24.7. The molecular weight excluding hydrogens is 454 g/mol. The lowest BCUT2D eigenvalue weighted by molar-refractivity contribution is -0.139. The normalized spacial score (nSPS) is 10.7. The predicted molar refractivity (Wildman–Crippen MR) is 135 cm³/mol. The van der Waals surface area contributed by atoms with Crippen molar-refractivity contribution in [3.05, 3.63) is 87.9 Å². The summed E-state index contributed by atoms with van der Waals surface area (Å²) in [4.78, 5) is 24.1. The number of hydrogen-bond donors (Lipinski definition) is 4. The van der Waals surface area contributed by atoms with Crippen LogP contribution in [0, 0.1) is 0 Å². The topological polar surface area (TPSA) is 114 Å². The minimum atomic E-state index is -1.05. The molecule has 0 aromatic heterocycles. The maximum absolute atomic E-state index is 13.0. The number of carbonyl (C=O) groups is 2. The molecule has 3 aromatic carbocycles.